The molecule has 28 heavy (non-hydrogen) atoms. The van der Waals surface area contributed by atoms with E-state index in [-0.39, 0.29) is 11.5 Å². The molecule has 3 aromatic heterocycles. The molecule has 1 amide bonds. The number of aromatic nitrogens is 3. The van der Waals surface area contributed by atoms with Gasteiger partial charge in [-0.15, -0.1) is 22.7 Å². The third kappa shape index (κ3) is 3.92. The Hall–Kier alpha value is -3.10. The number of nitrogens with zero attached hydrogens (tertiary/aromatic N) is 2. The van der Waals surface area contributed by atoms with Crippen molar-refractivity contribution in [1.82, 2.24) is 15.0 Å². The highest BCUT2D eigenvalue weighted by Gasteiger charge is 2.13. The Balaban J connectivity index is 1.56. The van der Waals surface area contributed by atoms with Gasteiger partial charge in [-0.05, 0) is 30.0 Å². The molecular formula is C20H16N4O2S2. The van der Waals surface area contributed by atoms with Gasteiger partial charge in [-0.2, -0.15) is 0 Å². The van der Waals surface area contributed by atoms with Crippen LogP contribution < -0.4 is 10.9 Å². The summed E-state index contributed by atoms with van der Waals surface area (Å²) in [6.07, 6.45) is 0.670. The average Bonchev–Trinajstić information content (AvgIpc) is 3.39. The van der Waals surface area contributed by atoms with Gasteiger partial charge >= 0.3 is 0 Å². The van der Waals surface area contributed by atoms with Crippen LogP contribution >= 0.6 is 22.7 Å². The first-order valence-electron chi connectivity index (χ1n) is 8.64. The van der Waals surface area contributed by atoms with Crippen molar-refractivity contribution in [3.63, 3.8) is 0 Å². The molecule has 4 rings (SSSR count). The Bertz CT molecular complexity index is 1180. The van der Waals surface area contributed by atoms with Crippen LogP contribution in [0.15, 0.2) is 58.0 Å². The number of anilines is 1. The highest BCUT2D eigenvalue weighted by Crippen LogP contribution is 2.28. The maximum absolute atomic E-state index is 12.6. The Morgan fingerprint density at radius 1 is 1.14 bits per heavy atom. The topological polar surface area (TPSA) is 87.7 Å². The van der Waals surface area contributed by atoms with Crippen LogP contribution in [-0.4, -0.2) is 20.9 Å². The Labute approximate surface area is 169 Å². The van der Waals surface area contributed by atoms with E-state index in [1.54, 1.807) is 28.8 Å². The Morgan fingerprint density at radius 3 is 2.82 bits per heavy atom. The van der Waals surface area contributed by atoms with E-state index in [9.17, 15) is 9.59 Å². The van der Waals surface area contributed by atoms with Gasteiger partial charge in [0.15, 0.2) is 0 Å². The van der Waals surface area contributed by atoms with Crippen molar-refractivity contribution < 1.29 is 4.79 Å². The number of nitrogens with one attached hydrogen (secondary N) is 2. The minimum absolute atomic E-state index is 0.195. The maximum atomic E-state index is 12.6. The van der Waals surface area contributed by atoms with E-state index in [4.69, 9.17) is 0 Å². The molecule has 0 fully saturated rings. The molecule has 0 aliphatic heterocycles. The summed E-state index contributed by atoms with van der Waals surface area (Å²) in [6, 6.07) is 12.6. The first kappa shape index (κ1) is 18.3. The molecule has 0 spiro atoms. The number of carbonyl (C=O) groups is 1. The van der Waals surface area contributed by atoms with Crippen LogP contribution in [-0.2, 0) is 6.42 Å². The van der Waals surface area contributed by atoms with Crippen molar-refractivity contribution in [3.8, 4) is 21.3 Å². The second kappa shape index (κ2) is 7.87. The number of aromatic amines is 1. The number of thiophene rings is 1. The largest absolute Gasteiger partial charge is 0.321 e. The Morgan fingerprint density at radius 2 is 2.04 bits per heavy atom. The quantitative estimate of drug-likeness (QED) is 0.511. The van der Waals surface area contributed by atoms with Crippen molar-refractivity contribution in [2.75, 3.05) is 5.32 Å². The summed E-state index contributed by atoms with van der Waals surface area (Å²) in [5.41, 5.74) is 2.23. The molecular weight excluding hydrogens is 392 g/mol. The smallest absolute Gasteiger partial charge is 0.275 e. The number of H-pyrrole nitrogens is 1. The lowest BCUT2D eigenvalue weighted by Crippen LogP contribution is -2.13. The molecule has 3 heterocycles. The van der Waals surface area contributed by atoms with E-state index in [1.807, 2.05) is 36.6 Å². The third-order valence-electron chi connectivity index (χ3n) is 4.02. The summed E-state index contributed by atoms with van der Waals surface area (Å²) in [5.74, 6) is 0.203. The third-order valence-corrected chi connectivity index (χ3v) is 5.90. The standard InChI is InChI=1S/C20H16N4O2S2/c1-2-13-10-17(25)24-18(21-13)12-5-3-6-14(9-12)22-19(26)15-11-28-20(23-15)16-7-4-8-27-16/h3-11H,2H2,1H3,(H,22,26)(H,21,24,25). The summed E-state index contributed by atoms with van der Waals surface area (Å²) >= 11 is 3.03. The van der Waals surface area contributed by atoms with Crippen LogP contribution in [0, 0.1) is 0 Å². The van der Waals surface area contributed by atoms with Crippen molar-refractivity contribution in [1.29, 1.82) is 0 Å². The number of hydrogen-bond acceptors (Lipinski definition) is 6. The fourth-order valence-corrected chi connectivity index (χ4v) is 4.27. The highest BCUT2D eigenvalue weighted by molar-refractivity contribution is 7.20. The predicted octanol–water partition coefficient (Wildman–Crippen LogP) is 4.44. The lowest BCUT2D eigenvalue weighted by atomic mass is 10.1. The molecule has 0 saturated heterocycles. The molecule has 0 aliphatic rings. The number of hydrogen-bond donors (Lipinski definition) is 2. The van der Waals surface area contributed by atoms with E-state index >= 15 is 0 Å². The number of rotatable bonds is 5. The highest BCUT2D eigenvalue weighted by atomic mass is 32.1. The maximum Gasteiger partial charge on any atom is 0.275 e. The van der Waals surface area contributed by atoms with Gasteiger partial charge in [0.05, 0.1) is 4.88 Å². The number of benzene rings is 1. The average molecular weight is 409 g/mol. The SMILES string of the molecule is CCc1cc(=O)[nH]c(-c2cccc(NC(=O)c3csc(-c4cccs4)n3)c2)n1. The van der Waals surface area contributed by atoms with Crippen LogP contribution in [0.4, 0.5) is 5.69 Å². The first-order valence-corrected chi connectivity index (χ1v) is 10.4. The number of carbonyl (C=O) groups excluding carboxylic acids is 1. The van der Waals surface area contributed by atoms with E-state index in [0.717, 1.165) is 21.1 Å². The van der Waals surface area contributed by atoms with Crippen LogP contribution in [0.1, 0.15) is 23.1 Å². The van der Waals surface area contributed by atoms with Gasteiger partial charge in [-0.25, -0.2) is 9.97 Å². The van der Waals surface area contributed by atoms with Crippen LogP contribution in [0.2, 0.25) is 0 Å². The molecule has 4 aromatic rings. The summed E-state index contributed by atoms with van der Waals surface area (Å²) < 4.78 is 0. The summed E-state index contributed by atoms with van der Waals surface area (Å²) in [5, 5.41) is 7.41. The number of aryl methyl sites for hydroxylation is 1. The van der Waals surface area contributed by atoms with Crippen molar-refractivity contribution >= 4 is 34.3 Å². The second-order valence-electron chi connectivity index (χ2n) is 5.99. The predicted molar refractivity (Wildman–Crippen MR) is 113 cm³/mol. The van der Waals surface area contributed by atoms with E-state index in [1.165, 1.54) is 17.4 Å². The summed E-state index contributed by atoms with van der Waals surface area (Å²) in [7, 11) is 0. The second-order valence-corrected chi connectivity index (χ2v) is 7.79. The van der Waals surface area contributed by atoms with Crippen molar-refractivity contribution in [3.05, 3.63) is 75.0 Å². The zero-order chi connectivity index (χ0) is 19.5. The summed E-state index contributed by atoms with van der Waals surface area (Å²) in [4.78, 5) is 37.0. The minimum atomic E-state index is -0.278. The van der Waals surface area contributed by atoms with Gasteiger partial charge in [0, 0.05) is 28.4 Å². The zero-order valence-corrected chi connectivity index (χ0v) is 16.6. The van der Waals surface area contributed by atoms with Gasteiger partial charge in [-0.3, -0.25) is 9.59 Å². The molecule has 140 valence electrons. The number of thiazole rings is 1. The zero-order valence-electron chi connectivity index (χ0n) is 14.9. The van der Waals surface area contributed by atoms with Crippen molar-refractivity contribution in [2.45, 2.75) is 13.3 Å². The molecule has 2 N–H and O–H groups in total. The lowest BCUT2D eigenvalue weighted by Gasteiger charge is -2.07. The first-order chi connectivity index (χ1) is 13.6. The summed E-state index contributed by atoms with van der Waals surface area (Å²) in [6.45, 7) is 1.94. The van der Waals surface area contributed by atoms with Crippen molar-refractivity contribution in [2.24, 2.45) is 0 Å². The van der Waals surface area contributed by atoms with Gasteiger partial charge in [0.25, 0.3) is 11.5 Å². The molecule has 0 aliphatic carbocycles. The molecule has 6 nitrogen and oxygen atoms in total. The number of amides is 1. The molecule has 0 radical (unpaired) electrons. The van der Waals surface area contributed by atoms with Gasteiger partial charge in [0.1, 0.15) is 16.5 Å². The monoisotopic (exact) mass is 408 g/mol. The van der Waals surface area contributed by atoms with E-state index in [0.29, 0.717) is 23.6 Å². The fraction of sp³-hybridized carbons (Fsp3) is 0.100. The van der Waals surface area contributed by atoms with Crippen LogP contribution in [0.3, 0.4) is 0 Å². The molecule has 1 aromatic carbocycles. The molecule has 0 bridgehead atoms. The van der Waals surface area contributed by atoms with Crippen LogP contribution in [0.5, 0.6) is 0 Å². The van der Waals surface area contributed by atoms with Gasteiger partial charge in [0.2, 0.25) is 0 Å². The van der Waals surface area contributed by atoms with Crippen LogP contribution in [0.25, 0.3) is 21.3 Å². The van der Waals surface area contributed by atoms with Gasteiger partial charge < -0.3 is 10.3 Å². The van der Waals surface area contributed by atoms with E-state index < -0.39 is 0 Å². The molecule has 0 atom stereocenters. The molecule has 8 heteroatoms. The minimum Gasteiger partial charge on any atom is -0.321 e. The molecule has 0 unspecified atom stereocenters. The van der Waals surface area contributed by atoms with E-state index in [2.05, 4.69) is 20.3 Å². The molecule has 0 saturated carbocycles. The van der Waals surface area contributed by atoms with Gasteiger partial charge in [-0.1, -0.05) is 25.1 Å². The normalized spacial score (nSPS) is 10.8. The lowest BCUT2D eigenvalue weighted by molar-refractivity contribution is 0.102. The Kier molecular flexibility index (Phi) is 5.14. The fourth-order valence-electron chi connectivity index (χ4n) is 2.66.